The quantitative estimate of drug-likeness (QED) is 0.335. The molecule has 43 heavy (non-hydrogen) atoms. The van der Waals surface area contributed by atoms with Crippen LogP contribution in [0.3, 0.4) is 0 Å². The molecule has 2 N–H and O–H groups in total. The fourth-order valence-electron chi connectivity index (χ4n) is 8.10. The van der Waals surface area contributed by atoms with Gasteiger partial charge < -0.3 is 19.8 Å². The van der Waals surface area contributed by atoms with Gasteiger partial charge >= 0.3 is 6.01 Å². The minimum absolute atomic E-state index is 0.00707. The SMILES string of the molecule is Oc1cc(-c2ncc3c(N4C[C@@H]5C[C@H](C4)[C@H](O)C5)nc(OC[C@@]45CCCN4C[C@H](F)C5)nc3c2F)c2cccc(F)c2c1. The summed E-state index contributed by atoms with van der Waals surface area (Å²) in [6, 6.07) is 7.12. The summed E-state index contributed by atoms with van der Waals surface area (Å²) < 4.78 is 51.8. The zero-order valence-electron chi connectivity index (χ0n) is 23.5. The van der Waals surface area contributed by atoms with E-state index in [1.807, 2.05) is 0 Å². The van der Waals surface area contributed by atoms with Crippen LogP contribution in [0.5, 0.6) is 11.8 Å². The molecule has 3 saturated heterocycles. The first-order valence-electron chi connectivity index (χ1n) is 15.0. The molecule has 0 unspecified atom stereocenters. The number of phenols is 1. The van der Waals surface area contributed by atoms with E-state index in [0.717, 1.165) is 25.8 Å². The van der Waals surface area contributed by atoms with Gasteiger partial charge in [-0.25, -0.2) is 13.2 Å². The predicted molar refractivity (Wildman–Crippen MR) is 155 cm³/mol. The number of aromatic nitrogens is 3. The summed E-state index contributed by atoms with van der Waals surface area (Å²) in [5, 5.41) is 21.9. The van der Waals surface area contributed by atoms with E-state index in [4.69, 9.17) is 9.72 Å². The van der Waals surface area contributed by atoms with Crippen LogP contribution >= 0.6 is 0 Å². The number of nitrogens with zero attached hydrogens (tertiary/aromatic N) is 5. The number of ether oxygens (including phenoxy) is 1. The lowest BCUT2D eigenvalue weighted by Gasteiger charge is -2.34. The van der Waals surface area contributed by atoms with E-state index in [-0.39, 0.29) is 52.5 Å². The third-order valence-corrected chi connectivity index (χ3v) is 10.0. The maximum Gasteiger partial charge on any atom is 0.319 e. The number of alkyl halides is 1. The van der Waals surface area contributed by atoms with E-state index < -0.39 is 23.3 Å². The first-order valence-corrected chi connectivity index (χ1v) is 15.0. The highest BCUT2D eigenvalue weighted by atomic mass is 19.1. The first kappa shape index (κ1) is 26.9. The van der Waals surface area contributed by atoms with Gasteiger partial charge in [0.2, 0.25) is 0 Å². The minimum Gasteiger partial charge on any atom is -0.508 e. The van der Waals surface area contributed by atoms with Crippen LogP contribution in [0.15, 0.2) is 36.5 Å². The van der Waals surface area contributed by atoms with Gasteiger partial charge in [-0.1, -0.05) is 12.1 Å². The number of aliphatic hydroxyl groups is 1. The molecule has 4 aromatic rings. The van der Waals surface area contributed by atoms with Crippen molar-refractivity contribution in [2.24, 2.45) is 11.8 Å². The van der Waals surface area contributed by atoms with Gasteiger partial charge in [0.25, 0.3) is 0 Å². The number of halogens is 3. The van der Waals surface area contributed by atoms with E-state index >= 15 is 4.39 Å². The molecule has 224 valence electrons. The van der Waals surface area contributed by atoms with Crippen LogP contribution in [0.25, 0.3) is 32.9 Å². The normalized spacial score (nSPS) is 28.7. The van der Waals surface area contributed by atoms with Crippen LogP contribution in [0.2, 0.25) is 0 Å². The van der Waals surface area contributed by atoms with Crippen LogP contribution in [0.4, 0.5) is 19.0 Å². The van der Waals surface area contributed by atoms with Crippen molar-refractivity contribution in [3.05, 3.63) is 48.2 Å². The monoisotopic (exact) mass is 591 g/mol. The van der Waals surface area contributed by atoms with Crippen molar-refractivity contribution in [1.29, 1.82) is 0 Å². The topological polar surface area (TPSA) is 94.8 Å². The standard InChI is InChI=1S/C32H32F3N5O3/c33-19-11-32(5-2-6-40(32)15-19)16-43-31-37-29-24(30(38-31)39-13-17-7-18(14-39)26(42)8-17)12-36-28(27(29)35)23-10-20(41)9-22-21(23)3-1-4-25(22)34/h1,3-4,9-10,12,17-19,26,41-42H,2,5-8,11,13-16H2/t17-,18-,19-,26-,32+/m1/s1. The number of pyridine rings is 1. The Morgan fingerprint density at radius 1 is 1.05 bits per heavy atom. The predicted octanol–water partition coefficient (Wildman–Crippen LogP) is 4.99. The lowest BCUT2D eigenvalue weighted by Crippen LogP contribution is -2.43. The molecular weight excluding hydrogens is 559 g/mol. The molecule has 5 heterocycles. The second kappa shape index (κ2) is 9.92. The number of piperidine rings is 1. The molecule has 0 radical (unpaired) electrons. The number of fused-ring (bicyclic) bond motifs is 5. The molecular formula is C32H32F3N5O3. The second-order valence-electron chi connectivity index (χ2n) is 12.8. The van der Waals surface area contributed by atoms with Gasteiger partial charge in [0, 0.05) is 49.1 Å². The molecule has 2 bridgehead atoms. The second-order valence-corrected chi connectivity index (χ2v) is 12.8. The Kier molecular flexibility index (Phi) is 6.20. The van der Waals surface area contributed by atoms with Crippen molar-refractivity contribution in [3.8, 4) is 23.0 Å². The highest BCUT2D eigenvalue weighted by Crippen LogP contribution is 2.43. The molecule has 11 heteroatoms. The molecule has 1 saturated carbocycles. The highest BCUT2D eigenvalue weighted by Gasteiger charge is 2.49. The largest absolute Gasteiger partial charge is 0.508 e. The van der Waals surface area contributed by atoms with Crippen LogP contribution in [0, 0.1) is 23.5 Å². The van der Waals surface area contributed by atoms with E-state index in [2.05, 4.69) is 19.8 Å². The molecule has 2 aromatic heterocycles. The summed E-state index contributed by atoms with van der Waals surface area (Å²) in [6.07, 6.45) is 4.01. The number of rotatable bonds is 5. The number of aromatic hydroxyl groups is 1. The number of hydrogen-bond acceptors (Lipinski definition) is 8. The smallest absolute Gasteiger partial charge is 0.319 e. The lowest BCUT2D eigenvalue weighted by molar-refractivity contribution is 0.107. The summed E-state index contributed by atoms with van der Waals surface area (Å²) in [5.41, 5.74) is -0.290. The van der Waals surface area contributed by atoms with Gasteiger partial charge in [0.1, 0.15) is 41.4 Å². The summed E-state index contributed by atoms with van der Waals surface area (Å²) in [7, 11) is 0. The number of aliphatic hydroxyl groups excluding tert-OH is 1. The molecule has 3 aliphatic heterocycles. The summed E-state index contributed by atoms with van der Waals surface area (Å²) in [5.74, 6) is -0.645. The van der Waals surface area contributed by atoms with Crippen molar-refractivity contribution in [2.75, 3.05) is 37.7 Å². The fraction of sp³-hybridized carbons (Fsp3) is 0.469. The molecule has 8 nitrogen and oxygen atoms in total. The summed E-state index contributed by atoms with van der Waals surface area (Å²) in [4.78, 5) is 17.9. The molecule has 1 aliphatic carbocycles. The maximum atomic E-state index is 16.6. The van der Waals surface area contributed by atoms with E-state index in [0.29, 0.717) is 55.0 Å². The van der Waals surface area contributed by atoms with Gasteiger partial charge in [0.15, 0.2) is 5.82 Å². The Hall–Kier alpha value is -3.70. The van der Waals surface area contributed by atoms with Crippen molar-refractivity contribution in [3.63, 3.8) is 0 Å². The van der Waals surface area contributed by atoms with Crippen molar-refractivity contribution in [2.45, 2.75) is 49.9 Å². The van der Waals surface area contributed by atoms with Crippen LogP contribution in [0.1, 0.15) is 32.1 Å². The summed E-state index contributed by atoms with van der Waals surface area (Å²) in [6.45, 7) is 2.60. The molecule has 4 fully saturated rings. The fourth-order valence-corrected chi connectivity index (χ4v) is 8.10. The van der Waals surface area contributed by atoms with Crippen molar-refractivity contribution >= 4 is 27.5 Å². The van der Waals surface area contributed by atoms with Gasteiger partial charge in [-0.05, 0) is 61.7 Å². The van der Waals surface area contributed by atoms with Crippen LogP contribution < -0.4 is 9.64 Å². The Morgan fingerprint density at radius 3 is 2.79 bits per heavy atom. The number of phenolic OH excluding ortho intramolecular Hbond substituents is 1. The van der Waals surface area contributed by atoms with Gasteiger partial charge in [-0.3, -0.25) is 9.88 Å². The molecule has 2 aromatic carbocycles. The average molecular weight is 592 g/mol. The number of benzene rings is 2. The first-order chi connectivity index (χ1) is 20.8. The lowest BCUT2D eigenvalue weighted by atomic mass is 9.95. The third-order valence-electron chi connectivity index (χ3n) is 10.0. The van der Waals surface area contributed by atoms with E-state index in [9.17, 15) is 19.0 Å². The Balaban J connectivity index is 1.25. The zero-order chi connectivity index (χ0) is 29.5. The summed E-state index contributed by atoms with van der Waals surface area (Å²) >= 11 is 0. The van der Waals surface area contributed by atoms with Crippen LogP contribution in [-0.2, 0) is 0 Å². The molecule has 0 spiro atoms. The third kappa shape index (κ3) is 4.38. The minimum atomic E-state index is -0.916. The van der Waals surface area contributed by atoms with Gasteiger partial charge in [-0.2, -0.15) is 9.97 Å². The Morgan fingerprint density at radius 2 is 1.93 bits per heavy atom. The van der Waals surface area contributed by atoms with Gasteiger partial charge in [-0.15, -0.1) is 0 Å². The Bertz CT molecular complexity index is 1760. The zero-order valence-corrected chi connectivity index (χ0v) is 23.5. The Labute approximate surface area is 246 Å². The maximum absolute atomic E-state index is 16.6. The number of hydrogen-bond donors (Lipinski definition) is 2. The molecule has 8 rings (SSSR count). The van der Waals surface area contributed by atoms with E-state index in [1.165, 1.54) is 30.5 Å². The highest BCUT2D eigenvalue weighted by molar-refractivity contribution is 6.00. The molecule has 5 atom stereocenters. The molecule has 0 amide bonds. The van der Waals surface area contributed by atoms with Crippen molar-refractivity contribution in [1.82, 2.24) is 19.9 Å². The van der Waals surface area contributed by atoms with Crippen LogP contribution in [-0.4, -0.2) is 80.7 Å². The number of anilines is 1. The average Bonchev–Trinajstić information content (AvgIpc) is 3.60. The van der Waals surface area contributed by atoms with Crippen molar-refractivity contribution < 1.29 is 28.1 Å². The van der Waals surface area contributed by atoms with E-state index in [1.54, 1.807) is 6.07 Å². The molecule has 4 aliphatic rings. The van der Waals surface area contributed by atoms with Gasteiger partial charge in [0.05, 0.1) is 17.0 Å².